The largest absolute Gasteiger partial charge is 0.472 e. The number of thiocarbonyl (C=S) groups is 1. The predicted octanol–water partition coefficient (Wildman–Crippen LogP) is 2.32. The Labute approximate surface area is 112 Å². The summed E-state index contributed by atoms with van der Waals surface area (Å²) in [4.78, 5) is 7.05. The molecule has 0 aromatic carbocycles. The number of rotatable bonds is 2. The normalized spacial score (nSPS) is 21.5. The minimum atomic E-state index is 0.0200. The zero-order chi connectivity index (χ0) is 12.4. The van der Waals surface area contributed by atoms with Gasteiger partial charge in [0.05, 0.1) is 12.1 Å². The van der Waals surface area contributed by atoms with E-state index >= 15 is 0 Å². The standard InChI is InChI=1S/C12H15ClN2OS/c1-8(6-13)10-7-15(2)12(17)9-4-3-5-14-11(9)16-10/h3-5,8,10H,6-7H2,1-2H3. The van der Waals surface area contributed by atoms with Crippen molar-refractivity contribution in [1.82, 2.24) is 9.88 Å². The molecule has 1 aliphatic heterocycles. The van der Waals surface area contributed by atoms with Gasteiger partial charge < -0.3 is 9.64 Å². The number of nitrogens with zero attached hydrogens (tertiary/aromatic N) is 2. The van der Waals surface area contributed by atoms with E-state index in [4.69, 9.17) is 28.6 Å². The number of fused-ring (bicyclic) bond motifs is 1. The quantitative estimate of drug-likeness (QED) is 0.608. The molecule has 0 spiro atoms. The Morgan fingerprint density at radius 3 is 3.18 bits per heavy atom. The molecule has 0 fully saturated rings. The van der Waals surface area contributed by atoms with Crippen LogP contribution in [0.5, 0.6) is 5.88 Å². The highest BCUT2D eigenvalue weighted by atomic mass is 35.5. The van der Waals surface area contributed by atoms with Crippen LogP contribution in [0.15, 0.2) is 18.3 Å². The summed E-state index contributed by atoms with van der Waals surface area (Å²) in [6, 6.07) is 3.81. The molecule has 0 saturated carbocycles. The first-order valence-corrected chi connectivity index (χ1v) is 6.51. The molecule has 17 heavy (non-hydrogen) atoms. The Hall–Kier alpha value is -0.870. The first-order chi connectivity index (χ1) is 8.13. The van der Waals surface area contributed by atoms with Gasteiger partial charge in [0.25, 0.3) is 0 Å². The van der Waals surface area contributed by atoms with Crippen molar-refractivity contribution in [2.24, 2.45) is 5.92 Å². The first-order valence-electron chi connectivity index (χ1n) is 5.56. The summed E-state index contributed by atoms with van der Waals surface area (Å²) in [6.07, 6.45) is 1.74. The highest BCUT2D eigenvalue weighted by molar-refractivity contribution is 7.80. The fraction of sp³-hybridized carbons (Fsp3) is 0.500. The van der Waals surface area contributed by atoms with Gasteiger partial charge >= 0.3 is 0 Å². The Morgan fingerprint density at radius 1 is 1.71 bits per heavy atom. The van der Waals surface area contributed by atoms with Crippen LogP contribution in [0.25, 0.3) is 0 Å². The Morgan fingerprint density at radius 2 is 2.47 bits per heavy atom. The molecule has 2 atom stereocenters. The molecule has 0 radical (unpaired) electrons. The Kier molecular flexibility index (Phi) is 3.84. The summed E-state index contributed by atoms with van der Waals surface area (Å²) >= 11 is 11.3. The minimum Gasteiger partial charge on any atom is -0.472 e. The lowest BCUT2D eigenvalue weighted by Gasteiger charge is -2.25. The van der Waals surface area contributed by atoms with Crippen LogP contribution in [0, 0.1) is 5.92 Å². The highest BCUT2D eigenvalue weighted by Crippen LogP contribution is 2.25. The van der Waals surface area contributed by atoms with E-state index in [0.29, 0.717) is 11.8 Å². The number of pyridine rings is 1. The monoisotopic (exact) mass is 270 g/mol. The number of aromatic nitrogens is 1. The molecule has 0 N–H and O–H groups in total. The molecule has 0 amide bonds. The van der Waals surface area contributed by atoms with Crippen molar-refractivity contribution in [3.05, 3.63) is 23.9 Å². The van der Waals surface area contributed by atoms with Gasteiger partial charge in [-0.15, -0.1) is 11.6 Å². The summed E-state index contributed by atoms with van der Waals surface area (Å²) in [5, 5.41) is 0. The molecular formula is C12H15ClN2OS. The van der Waals surface area contributed by atoms with Crippen LogP contribution in [0.3, 0.4) is 0 Å². The van der Waals surface area contributed by atoms with Crippen LogP contribution in [0.2, 0.25) is 0 Å². The number of ether oxygens (including phenoxy) is 1. The molecule has 3 nitrogen and oxygen atoms in total. The second-order valence-electron chi connectivity index (χ2n) is 4.33. The predicted molar refractivity (Wildman–Crippen MR) is 72.9 cm³/mol. The van der Waals surface area contributed by atoms with Crippen LogP contribution in [0.1, 0.15) is 12.5 Å². The highest BCUT2D eigenvalue weighted by Gasteiger charge is 2.28. The lowest BCUT2D eigenvalue weighted by atomic mass is 10.1. The summed E-state index contributed by atoms with van der Waals surface area (Å²) in [7, 11) is 1.97. The van der Waals surface area contributed by atoms with Crippen LogP contribution in [0.4, 0.5) is 0 Å². The van der Waals surface area contributed by atoms with Gasteiger partial charge in [-0.3, -0.25) is 0 Å². The van der Waals surface area contributed by atoms with Gasteiger partial charge in [0.1, 0.15) is 11.1 Å². The van der Waals surface area contributed by atoms with Gasteiger partial charge in [0, 0.05) is 25.0 Å². The van der Waals surface area contributed by atoms with Crippen molar-refractivity contribution in [3.63, 3.8) is 0 Å². The second-order valence-corrected chi connectivity index (χ2v) is 5.02. The number of hydrogen-bond donors (Lipinski definition) is 0. The van der Waals surface area contributed by atoms with E-state index in [-0.39, 0.29) is 12.0 Å². The molecule has 2 unspecified atom stereocenters. The smallest absolute Gasteiger partial charge is 0.224 e. The molecule has 1 aromatic heterocycles. The SMILES string of the molecule is CC(CCl)C1CN(C)C(=S)c2cccnc2O1. The second kappa shape index (κ2) is 5.19. The van der Waals surface area contributed by atoms with E-state index in [1.54, 1.807) is 6.20 Å². The van der Waals surface area contributed by atoms with Gasteiger partial charge in [-0.25, -0.2) is 4.98 Å². The molecule has 5 heteroatoms. The van der Waals surface area contributed by atoms with Crippen molar-refractivity contribution in [3.8, 4) is 5.88 Å². The topological polar surface area (TPSA) is 25.4 Å². The number of likely N-dealkylation sites (N-methyl/N-ethyl adjacent to an activating group) is 1. The maximum absolute atomic E-state index is 5.93. The first kappa shape index (κ1) is 12.6. The molecular weight excluding hydrogens is 256 g/mol. The van der Waals surface area contributed by atoms with Crippen LogP contribution in [-0.4, -0.2) is 40.4 Å². The summed E-state index contributed by atoms with van der Waals surface area (Å²) < 4.78 is 5.93. The third-order valence-corrected chi connectivity index (χ3v) is 3.96. The fourth-order valence-electron chi connectivity index (χ4n) is 1.78. The van der Waals surface area contributed by atoms with Crippen molar-refractivity contribution < 1.29 is 4.74 Å². The lowest BCUT2D eigenvalue weighted by Crippen LogP contribution is -2.37. The van der Waals surface area contributed by atoms with Gasteiger partial charge in [0.15, 0.2) is 0 Å². The third kappa shape index (κ3) is 2.53. The van der Waals surface area contributed by atoms with E-state index in [2.05, 4.69) is 11.9 Å². The van der Waals surface area contributed by atoms with Crippen molar-refractivity contribution in [2.75, 3.05) is 19.5 Å². The third-order valence-electron chi connectivity index (χ3n) is 2.94. The van der Waals surface area contributed by atoms with E-state index in [9.17, 15) is 0 Å². The van der Waals surface area contributed by atoms with Gasteiger partial charge in [-0.2, -0.15) is 0 Å². The Balaban J connectivity index is 2.35. The van der Waals surface area contributed by atoms with E-state index in [1.807, 2.05) is 24.1 Å². The number of halogens is 1. The maximum Gasteiger partial charge on any atom is 0.224 e. The van der Waals surface area contributed by atoms with Gasteiger partial charge in [0.2, 0.25) is 5.88 Å². The summed E-state index contributed by atoms with van der Waals surface area (Å²) in [6.45, 7) is 2.81. The maximum atomic E-state index is 5.93. The molecule has 2 rings (SSSR count). The fourth-order valence-corrected chi connectivity index (χ4v) is 2.21. The van der Waals surface area contributed by atoms with Gasteiger partial charge in [-0.1, -0.05) is 19.1 Å². The van der Waals surface area contributed by atoms with Crippen LogP contribution >= 0.6 is 23.8 Å². The average molecular weight is 271 g/mol. The van der Waals surface area contributed by atoms with Gasteiger partial charge in [-0.05, 0) is 12.1 Å². The number of hydrogen-bond acceptors (Lipinski definition) is 3. The molecule has 0 aliphatic carbocycles. The van der Waals surface area contributed by atoms with E-state index in [0.717, 1.165) is 17.1 Å². The zero-order valence-corrected chi connectivity index (χ0v) is 11.5. The van der Waals surface area contributed by atoms with E-state index in [1.165, 1.54) is 0 Å². The van der Waals surface area contributed by atoms with E-state index < -0.39 is 0 Å². The van der Waals surface area contributed by atoms with Crippen molar-refractivity contribution >= 4 is 28.8 Å². The summed E-state index contributed by atoms with van der Waals surface area (Å²) in [5.74, 6) is 1.44. The van der Waals surface area contributed by atoms with Crippen LogP contribution < -0.4 is 4.74 Å². The average Bonchev–Trinajstić information content (AvgIpc) is 2.48. The van der Waals surface area contributed by atoms with Crippen molar-refractivity contribution in [1.29, 1.82) is 0 Å². The molecule has 0 bridgehead atoms. The molecule has 1 aromatic rings. The zero-order valence-electron chi connectivity index (χ0n) is 9.89. The molecule has 92 valence electrons. The molecule has 2 heterocycles. The molecule has 1 aliphatic rings. The minimum absolute atomic E-state index is 0.0200. The number of alkyl halides is 1. The van der Waals surface area contributed by atoms with Crippen molar-refractivity contribution in [2.45, 2.75) is 13.0 Å². The lowest BCUT2D eigenvalue weighted by molar-refractivity contribution is 0.131. The Bertz CT molecular complexity index is 427. The van der Waals surface area contributed by atoms with Crippen LogP contribution in [-0.2, 0) is 0 Å². The molecule has 0 saturated heterocycles. The summed E-state index contributed by atoms with van der Waals surface area (Å²) in [5.41, 5.74) is 0.884.